The van der Waals surface area contributed by atoms with Crippen LogP contribution in [0.4, 0.5) is 0 Å². The van der Waals surface area contributed by atoms with Crippen molar-refractivity contribution in [1.82, 2.24) is 0 Å². The minimum Gasteiger partial charge on any atom is -0.506 e. The van der Waals surface area contributed by atoms with E-state index in [9.17, 15) is 5.11 Å². The number of nitrogens with two attached hydrogens (primary N) is 1. The molecule has 1 saturated carbocycles. The number of benzene rings is 1. The number of halogens is 1. The van der Waals surface area contributed by atoms with Crippen LogP contribution in [0.2, 0.25) is 5.02 Å². The fourth-order valence-corrected chi connectivity index (χ4v) is 3.07. The van der Waals surface area contributed by atoms with E-state index in [0.29, 0.717) is 17.1 Å². The normalized spacial score (nSPS) is 21.0. The Kier molecular flexibility index (Phi) is 2.79. The standard InChI is InChI=1S/C13H16ClNO3/c14-10-11(16)8(6-9-12(10)18-7-17-9)13(15)4-2-1-3-5-13/h6,16H,1-5,7,15H2. The second-order valence-electron chi connectivity index (χ2n) is 5.04. The summed E-state index contributed by atoms with van der Waals surface area (Å²) in [5.74, 6) is 1.02. The Morgan fingerprint density at radius 2 is 1.94 bits per heavy atom. The van der Waals surface area contributed by atoms with Crippen molar-refractivity contribution in [3.63, 3.8) is 0 Å². The van der Waals surface area contributed by atoms with Gasteiger partial charge in [0.05, 0.1) is 0 Å². The van der Waals surface area contributed by atoms with Crippen LogP contribution in [0.15, 0.2) is 6.07 Å². The zero-order valence-electron chi connectivity index (χ0n) is 10.0. The molecule has 3 N–H and O–H groups in total. The maximum Gasteiger partial charge on any atom is 0.231 e. The first-order valence-corrected chi connectivity index (χ1v) is 6.60. The highest BCUT2D eigenvalue weighted by Gasteiger charge is 2.35. The molecule has 0 aromatic heterocycles. The van der Waals surface area contributed by atoms with E-state index in [-0.39, 0.29) is 17.6 Å². The Morgan fingerprint density at radius 3 is 2.67 bits per heavy atom. The summed E-state index contributed by atoms with van der Waals surface area (Å²) in [7, 11) is 0. The average molecular weight is 270 g/mol. The molecule has 0 atom stereocenters. The molecule has 1 aromatic rings. The molecule has 0 unspecified atom stereocenters. The van der Waals surface area contributed by atoms with Gasteiger partial charge in [0, 0.05) is 11.1 Å². The van der Waals surface area contributed by atoms with Gasteiger partial charge in [0.2, 0.25) is 6.79 Å². The van der Waals surface area contributed by atoms with E-state index in [1.165, 1.54) is 6.42 Å². The number of phenols is 1. The van der Waals surface area contributed by atoms with Gasteiger partial charge < -0.3 is 20.3 Å². The summed E-state index contributed by atoms with van der Waals surface area (Å²) in [4.78, 5) is 0. The highest BCUT2D eigenvalue weighted by Crippen LogP contribution is 2.50. The summed E-state index contributed by atoms with van der Waals surface area (Å²) in [5.41, 5.74) is 6.60. The zero-order valence-corrected chi connectivity index (χ0v) is 10.8. The highest BCUT2D eigenvalue weighted by atomic mass is 35.5. The van der Waals surface area contributed by atoms with Gasteiger partial charge in [-0.15, -0.1) is 0 Å². The van der Waals surface area contributed by atoms with Gasteiger partial charge in [0.1, 0.15) is 10.8 Å². The summed E-state index contributed by atoms with van der Waals surface area (Å²) in [6.07, 6.45) is 5.05. The van der Waals surface area contributed by atoms with Crippen LogP contribution in [-0.4, -0.2) is 11.9 Å². The maximum absolute atomic E-state index is 10.2. The molecule has 1 aromatic carbocycles. The van der Waals surface area contributed by atoms with Gasteiger partial charge in [-0.1, -0.05) is 30.9 Å². The molecule has 18 heavy (non-hydrogen) atoms. The molecular formula is C13H16ClNO3. The lowest BCUT2D eigenvalue weighted by atomic mass is 9.77. The van der Waals surface area contributed by atoms with Crippen molar-refractivity contribution in [1.29, 1.82) is 0 Å². The lowest BCUT2D eigenvalue weighted by Crippen LogP contribution is -2.38. The number of hydrogen-bond acceptors (Lipinski definition) is 4. The molecule has 0 saturated heterocycles. The van der Waals surface area contributed by atoms with Crippen molar-refractivity contribution < 1.29 is 14.6 Å². The molecular weight excluding hydrogens is 254 g/mol. The molecule has 98 valence electrons. The minimum absolute atomic E-state index is 0.0327. The molecule has 1 heterocycles. The van der Waals surface area contributed by atoms with E-state index < -0.39 is 5.54 Å². The Hall–Kier alpha value is -1.13. The maximum atomic E-state index is 10.2. The van der Waals surface area contributed by atoms with Gasteiger partial charge in [-0.25, -0.2) is 0 Å². The third-order valence-corrected chi connectivity index (χ3v) is 4.21. The number of aromatic hydroxyl groups is 1. The third kappa shape index (κ3) is 1.71. The van der Waals surface area contributed by atoms with Crippen molar-refractivity contribution in [2.24, 2.45) is 5.73 Å². The molecule has 1 fully saturated rings. The summed E-state index contributed by atoms with van der Waals surface area (Å²) >= 11 is 6.11. The van der Waals surface area contributed by atoms with E-state index in [0.717, 1.165) is 25.7 Å². The predicted octanol–water partition coefficient (Wildman–Crippen LogP) is 2.89. The molecule has 3 rings (SSSR count). The van der Waals surface area contributed by atoms with Gasteiger partial charge in [0.15, 0.2) is 11.5 Å². The lowest BCUT2D eigenvalue weighted by Gasteiger charge is -2.34. The number of rotatable bonds is 1. The number of phenolic OH excluding ortho intramolecular Hbond substituents is 1. The molecule has 1 aliphatic carbocycles. The number of hydrogen-bond donors (Lipinski definition) is 2. The topological polar surface area (TPSA) is 64.7 Å². The van der Waals surface area contributed by atoms with Crippen LogP contribution < -0.4 is 15.2 Å². The molecule has 0 bridgehead atoms. The van der Waals surface area contributed by atoms with E-state index in [1.54, 1.807) is 6.07 Å². The smallest absolute Gasteiger partial charge is 0.231 e. The third-order valence-electron chi connectivity index (χ3n) is 3.86. The summed E-state index contributed by atoms with van der Waals surface area (Å²) in [5, 5.41) is 10.4. The molecule has 0 amide bonds. The molecule has 5 heteroatoms. The molecule has 2 aliphatic rings. The van der Waals surface area contributed by atoms with Crippen molar-refractivity contribution >= 4 is 11.6 Å². The van der Waals surface area contributed by atoms with E-state index in [1.807, 2.05) is 0 Å². The monoisotopic (exact) mass is 269 g/mol. The number of fused-ring (bicyclic) bond motifs is 1. The summed E-state index contributed by atoms with van der Waals surface area (Å²) in [6.45, 7) is 0.134. The Morgan fingerprint density at radius 1 is 1.22 bits per heavy atom. The first-order valence-electron chi connectivity index (χ1n) is 6.22. The Balaban J connectivity index is 2.09. The second-order valence-corrected chi connectivity index (χ2v) is 5.42. The Bertz CT molecular complexity index is 484. The van der Waals surface area contributed by atoms with Gasteiger partial charge in [-0.05, 0) is 18.9 Å². The second kappa shape index (κ2) is 4.21. The predicted molar refractivity (Wildman–Crippen MR) is 68.2 cm³/mol. The quantitative estimate of drug-likeness (QED) is 0.823. The largest absolute Gasteiger partial charge is 0.506 e. The fraction of sp³-hybridized carbons (Fsp3) is 0.538. The van der Waals surface area contributed by atoms with Crippen molar-refractivity contribution in [3.05, 3.63) is 16.7 Å². The zero-order chi connectivity index (χ0) is 12.8. The van der Waals surface area contributed by atoms with Crippen molar-refractivity contribution in [3.8, 4) is 17.2 Å². The van der Waals surface area contributed by atoms with Gasteiger partial charge >= 0.3 is 0 Å². The molecule has 4 nitrogen and oxygen atoms in total. The van der Waals surface area contributed by atoms with Gasteiger partial charge in [0.25, 0.3) is 0 Å². The SMILES string of the molecule is NC1(c2cc3c(c(Cl)c2O)OCO3)CCCCC1. The van der Waals surface area contributed by atoms with Crippen LogP contribution in [0.1, 0.15) is 37.7 Å². The summed E-state index contributed by atoms with van der Waals surface area (Å²) < 4.78 is 10.6. The average Bonchev–Trinajstić information content (AvgIpc) is 2.83. The van der Waals surface area contributed by atoms with E-state index in [4.69, 9.17) is 26.8 Å². The van der Waals surface area contributed by atoms with Crippen LogP contribution in [0.3, 0.4) is 0 Å². The lowest BCUT2D eigenvalue weighted by molar-refractivity contribution is 0.174. The molecule has 0 spiro atoms. The van der Waals surface area contributed by atoms with Crippen molar-refractivity contribution in [2.75, 3.05) is 6.79 Å². The molecule has 1 aliphatic heterocycles. The van der Waals surface area contributed by atoms with Gasteiger partial charge in [-0.2, -0.15) is 0 Å². The highest BCUT2D eigenvalue weighted by molar-refractivity contribution is 6.34. The van der Waals surface area contributed by atoms with E-state index in [2.05, 4.69) is 0 Å². The summed E-state index contributed by atoms with van der Waals surface area (Å²) in [6, 6.07) is 1.77. The minimum atomic E-state index is -0.507. The van der Waals surface area contributed by atoms with Crippen LogP contribution in [0.5, 0.6) is 17.2 Å². The number of ether oxygens (including phenoxy) is 2. The van der Waals surface area contributed by atoms with Crippen molar-refractivity contribution in [2.45, 2.75) is 37.6 Å². The Labute approximate surface area is 111 Å². The fourth-order valence-electron chi connectivity index (χ4n) is 2.82. The van der Waals surface area contributed by atoms with Crippen LogP contribution in [0, 0.1) is 0 Å². The van der Waals surface area contributed by atoms with Crippen LogP contribution in [-0.2, 0) is 5.54 Å². The van der Waals surface area contributed by atoms with E-state index >= 15 is 0 Å². The van der Waals surface area contributed by atoms with Crippen LogP contribution >= 0.6 is 11.6 Å². The first kappa shape index (κ1) is 11.9. The van der Waals surface area contributed by atoms with Crippen LogP contribution in [0.25, 0.3) is 0 Å². The molecule has 0 radical (unpaired) electrons. The van der Waals surface area contributed by atoms with Gasteiger partial charge in [-0.3, -0.25) is 0 Å². The first-order chi connectivity index (χ1) is 8.62.